The second-order valence-electron chi connectivity index (χ2n) is 4.53. The van der Waals surface area contributed by atoms with Crippen LogP contribution in [0, 0.1) is 0 Å². The molecule has 4 aromatic rings. The number of aromatic nitrogens is 5. The van der Waals surface area contributed by atoms with E-state index in [0.717, 1.165) is 21.1 Å². The molecule has 21 heavy (non-hydrogen) atoms. The molecule has 6 nitrogen and oxygen atoms in total. The number of fused-ring (bicyclic) bond motifs is 2. The van der Waals surface area contributed by atoms with Crippen molar-refractivity contribution in [3.05, 3.63) is 36.7 Å². The van der Waals surface area contributed by atoms with Crippen molar-refractivity contribution in [1.82, 2.24) is 24.9 Å². The number of nitrogens with zero attached hydrogens (tertiary/aromatic N) is 3. The van der Waals surface area contributed by atoms with E-state index in [1.807, 2.05) is 12.1 Å². The minimum atomic E-state index is 0.563. The molecule has 4 rings (SSSR count). The molecule has 3 N–H and O–H groups in total. The van der Waals surface area contributed by atoms with Crippen molar-refractivity contribution < 1.29 is 0 Å². The zero-order valence-corrected chi connectivity index (χ0v) is 12.0. The van der Waals surface area contributed by atoms with Crippen LogP contribution in [0.1, 0.15) is 0 Å². The average Bonchev–Trinajstić information content (AvgIpc) is 3.12. The summed E-state index contributed by atoms with van der Waals surface area (Å²) in [6.07, 6.45) is 1.63. The second kappa shape index (κ2) is 4.78. The van der Waals surface area contributed by atoms with Gasteiger partial charge in [-0.15, -0.1) is 0 Å². The van der Waals surface area contributed by atoms with Crippen LogP contribution in [0.2, 0.25) is 0 Å². The number of H-pyrrole nitrogens is 2. The van der Waals surface area contributed by atoms with E-state index in [4.69, 9.17) is 0 Å². The highest BCUT2D eigenvalue weighted by atomic mass is 32.2. The Balaban J connectivity index is 1.80. The third-order valence-corrected chi connectivity index (χ3v) is 4.12. The molecular formula is C14H12N6S. The first-order chi connectivity index (χ1) is 10.3. The number of hydrogen-bond donors (Lipinski definition) is 3. The fourth-order valence-electron chi connectivity index (χ4n) is 2.20. The highest BCUT2D eigenvalue weighted by Gasteiger charge is 2.12. The lowest BCUT2D eigenvalue weighted by atomic mass is 10.3. The van der Waals surface area contributed by atoms with Crippen LogP contribution in [-0.4, -0.2) is 32.0 Å². The molecule has 0 spiro atoms. The lowest BCUT2D eigenvalue weighted by Gasteiger charge is -2.03. The molecule has 0 radical (unpaired) electrons. The van der Waals surface area contributed by atoms with Crippen LogP contribution in [0.4, 0.5) is 5.95 Å². The van der Waals surface area contributed by atoms with Gasteiger partial charge in [-0.3, -0.25) is 0 Å². The molecule has 0 aliphatic rings. The fraction of sp³-hybridized carbons (Fsp3) is 0.0714. The van der Waals surface area contributed by atoms with Crippen LogP contribution in [0.5, 0.6) is 0 Å². The summed E-state index contributed by atoms with van der Waals surface area (Å²) in [7, 11) is 1.80. The maximum Gasteiger partial charge on any atom is 0.225 e. The molecule has 1 aromatic carbocycles. The van der Waals surface area contributed by atoms with Gasteiger partial charge in [0.1, 0.15) is 10.5 Å². The average molecular weight is 296 g/mol. The van der Waals surface area contributed by atoms with E-state index in [1.54, 1.807) is 25.1 Å². The highest BCUT2D eigenvalue weighted by Crippen LogP contribution is 2.32. The number of imidazole rings is 1. The van der Waals surface area contributed by atoms with Crippen molar-refractivity contribution in [3.8, 4) is 0 Å². The zero-order chi connectivity index (χ0) is 14.2. The van der Waals surface area contributed by atoms with Gasteiger partial charge in [-0.25, -0.2) is 9.97 Å². The normalized spacial score (nSPS) is 11.3. The van der Waals surface area contributed by atoms with E-state index in [1.165, 1.54) is 5.39 Å². The van der Waals surface area contributed by atoms with Crippen LogP contribution >= 0.6 is 11.8 Å². The lowest BCUT2D eigenvalue weighted by molar-refractivity contribution is 1.07. The largest absolute Gasteiger partial charge is 0.357 e. The Labute approximate surface area is 124 Å². The van der Waals surface area contributed by atoms with Crippen LogP contribution in [-0.2, 0) is 0 Å². The van der Waals surface area contributed by atoms with Crippen LogP contribution in [0.25, 0.3) is 22.1 Å². The Morgan fingerprint density at radius 1 is 1.19 bits per heavy atom. The molecule has 3 heterocycles. The third-order valence-electron chi connectivity index (χ3n) is 3.19. The predicted molar refractivity (Wildman–Crippen MR) is 83.7 cm³/mol. The summed E-state index contributed by atoms with van der Waals surface area (Å²) in [5.74, 6) is 0.563. The van der Waals surface area contributed by atoms with Gasteiger partial charge < -0.3 is 15.3 Å². The molecule has 0 unspecified atom stereocenters. The van der Waals surface area contributed by atoms with Gasteiger partial charge in [-0.2, -0.15) is 4.98 Å². The van der Waals surface area contributed by atoms with Crippen molar-refractivity contribution in [2.75, 3.05) is 12.4 Å². The zero-order valence-electron chi connectivity index (χ0n) is 11.2. The first-order valence-electron chi connectivity index (χ1n) is 6.48. The quantitative estimate of drug-likeness (QED) is 0.506. The summed E-state index contributed by atoms with van der Waals surface area (Å²) >= 11 is 1.56. The van der Waals surface area contributed by atoms with Gasteiger partial charge in [0, 0.05) is 18.0 Å². The molecule has 0 saturated carbocycles. The van der Waals surface area contributed by atoms with Crippen LogP contribution < -0.4 is 5.32 Å². The van der Waals surface area contributed by atoms with Gasteiger partial charge >= 0.3 is 0 Å². The van der Waals surface area contributed by atoms with E-state index in [0.29, 0.717) is 11.6 Å². The van der Waals surface area contributed by atoms with Gasteiger partial charge in [0.05, 0.1) is 11.4 Å². The lowest BCUT2D eigenvalue weighted by Crippen LogP contribution is -1.98. The molecule has 0 fully saturated rings. The maximum absolute atomic E-state index is 4.51. The minimum Gasteiger partial charge on any atom is -0.357 e. The van der Waals surface area contributed by atoms with Crippen molar-refractivity contribution in [2.24, 2.45) is 0 Å². The number of aromatic amines is 2. The number of anilines is 1. The van der Waals surface area contributed by atoms with Gasteiger partial charge in [0.25, 0.3) is 0 Å². The third kappa shape index (κ3) is 2.11. The number of para-hydroxylation sites is 1. The van der Waals surface area contributed by atoms with E-state index < -0.39 is 0 Å². The summed E-state index contributed by atoms with van der Waals surface area (Å²) in [4.78, 5) is 19.5. The molecule has 3 aromatic heterocycles. The molecule has 0 bridgehead atoms. The first-order valence-corrected chi connectivity index (χ1v) is 7.29. The van der Waals surface area contributed by atoms with Gasteiger partial charge in [0.15, 0.2) is 5.65 Å². The summed E-state index contributed by atoms with van der Waals surface area (Å²) in [6, 6.07) is 10.3. The molecule has 0 aliphatic carbocycles. The molecule has 0 aliphatic heterocycles. The van der Waals surface area contributed by atoms with Crippen molar-refractivity contribution in [1.29, 1.82) is 0 Å². The number of benzene rings is 1. The van der Waals surface area contributed by atoms with Crippen molar-refractivity contribution >= 4 is 39.8 Å². The smallest absolute Gasteiger partial charge is 0.225 e. The summed E-state index contributed by atoms with van der Waals surface area (Å²) in [5, 5.41) is 6.02. The van der Waals surface area contributed by atoms with Gasteiger partial charge in [-0.1, -0.05) is 18.2 Å². The minimum absolute atomic E-state index is 0.563. The Morgan fingerprint density at radius 2 is 2.10 bits per heavy atom. The first kappa shape index (κ1) is 12.2. The molecule has 104 valence electrons. The topological polar surface area (TPSA) is 82.3 Å². The molecule has 0 saturated heterocycles. The summed E-state index contributed by atoms with van der Waals surface area (Å²) in [6.45, 7) is 0. The fourth-order valence-corrected chi connectivity index (χ4v) is 3.14. The Kier molecular flexibility index (Phi) is 2.78. The molecule has 0 atom stereocenters. The summed E-state index contributed by atoms with van der Waals surface area (Å²) in [5.41, 5.74) is 2.62. The highest BCUT2D eigenvalue weighted by molar-refractivity contribution is 7.99. The van der Waals surface area contributed by atoms with Crippen LogP contribution in [0.3, 0.4) is 0 Å². The standard InChI is InChI=1S/C14H12N6S/c1-15-14-19-12-11(16-7-17-12)13(20-14)21-10-6-8-4-2-3-5-9(8)18-10/h2-7,18H,1H3,(H2,15,16,17,19,20). The summed E-state index contributed by atoms with van der Waals surface area (Å²) < 4.78 is 0. The van der Waals surface area contributed by atoms with Crippen LogP contribution in [0.15, 0.2) is 46.7 Å². The monoisotopic (exact) mass is 296 g/mol. The van der Waals surface area contributed by atoms with E-state index >= 15 is 0 Å². The molecular weight excluding hydrogens is 284 g/mol. The Hall–Kier alpha value is -2.54. The molecule has 0 amide bonds. The molecule has 7 heteroatoms. The van der Waals surface area contributed by atoms with Crippen molar-refractivity contribution in [2.45, 2.75) is 10.1 Å². The Morgan fingerprint density at radius 3 is 2.95 bits per heavy atom. The number of rotatable bonds is 3. The van der Waals surface area contributed by atoms with E-state index in [2.05, 4.69) is 48.4 Å². The predicted octanol–water partition coefficient (Wildman–Crippen LogP) is 3.03. The Bertz CT molecular complexity index is 892. The van der Waals surface area contributed by atoms with E-state index in [-0.39, 0.29) is 0 Å². The maximum atomic E-state index is 4.51. The number of nitrogens with one attached hydrogen (secondary N) is 3. The van der Waals surface area contributed by atoms with Gasteiger partial charge in [0.2, 0.25) is 5.95 Å². The van der Waals surface area contributed by atoms with E-state index in [9.17, 15) is 0 Å². The van der Waals surface area contributed by atoms with Crippen molar-refractivity contribution in [3.63, 3.8) is 0 Å². The number of hydrogen-bond acceptors (Lipinski definition) is 5. The SMILES string of the molecule is CNc1nc(Sc2cc3ccccc3[nH]2)c2[nH]cnc2n1. The van der Waals surface area contributed by atoms with Gasteiger partial charge in [-0.05, 0) is 23.9 Å². The second-order valence-corrected chi connectivity index (χ2v) is 5.56.